The summed E-state index contributed by atoms with van der Waals surface area (Å²) >= 11 is 5.97. The van der Waals surface area contributed by atoms with E-state index in [1.54, 1.807) is 6.07 Å². The third-order valence-corrected chi connectivity index (χ3v) is 5.12. The highest BCUT2D eigenvalue weighted by Crippen LogP contribution is 2.25. The van der Waals surface area contributed by atoms with Crippen LogP contribution in [0.3, 0.4) is 0 Å². The SMILES string of the molecule is COc1nnc(CC2CCS(=O)(=O)CC2)cc1Cl. The van der Waals surface area contributed by atoms with E-state index in [-0.39, 0.29) is 11.5 Å². The number of rotatable bonds is 3. The molecule has 1 aliphatic heterocycles. The molecule has 1 saturated heterocycles. The van der Waals surface area contributed by atoms with Crippen LogP contribution in [0.4, 0.5) is 0 Å². The fourth-order valence-electron chi connectivity index (χ4n) is 2.07. The minimum atomic E-state index is -2.81. The second-order valence-corrected chi connectivity index (χ2v) is 7.20. The molecule has 2 heterocycles. The molecule has 0 aromatic carbocycles. The Morgan fingerprint density at radius 2 is 2.06 bits per heavy atom. The van der Waals surface area contributed by atoms with E-state index in [1.165, 1.54) is 7.11 Å². The van der Waals surface area contributed by atoms with Crippen LogP contribution < -0.4 is 4.74 Å². The summed E-state index contributed by atoms with van der Waals surface area (Å²) in [5, 5.41) is 8.34. The quantitative estimate of drug-likeness (QED) is 0.844. The second-order valence-electron chi connectivity index (χ2n) is 4.49. The van der Waals surface area contributed by atoms with Crippen LogP contribution in [0.2, 0.25) is 5.02 Å². The molecule has 0 aliphatic carbocycles. The van der Waals surface area contributed by atoms with Gasteiger partial charge in [-0.2, -0.15) is 5.10 Å². The maximum absolute atomic E-state index is 11.3. The van der Waals surface area contributed by atoms with Gasteiger partial charge in [-0.05, 0) is 31.2 Å². The molecule has 0 unspecified atom stereocenters. The van der Waals surface area contributed by atoms with Crippen molar-refractivity contribution in [1.82, 2.24) is 10.2 Å². The normalized spacial score (nSPS) is 19.7. The number of hydrogen-bond acceptors (Lipinski definition) is 5. The van der Waals surface area contributed by atoms with Crippen molar-refractivity contribution in [1.29, 1.82) is 0 Å². The third kappa shape index (κ3) is 3.32. The molecule has 1 aliphatic rings. The topological polar surface area (TPSA) is 69.2 Å². The van der Waals surface area contributed by atoms with Crippen LogP contribution in [0.25, 0.3) is 0 Å². The molecule has 18 heavy (non-hydrogen) atoms. The maximum Gasteiger partial charge on any atom is 0.252 e. The predicted octanol–water partition coefficient (Wildman–Crippen LogP) is 1.51. The Hall–Kier alpha value is -0.880. The Kier molecular flexibility index (Phi) is 4.07. The Morgan fingerprint density at radius 1 is 1.39 bits per heavy atom. The lowest BCUT2D eigenvalue weighted by Gasteiger charge is -2.21. The van der Waals surface area contributed by atoms with Crippen LogP contribution in [-0.2, 0) is 16.3 Å². The largest absolute Gasteiger partial charge is 0.479 e. The summed E-state index contributed by atoms with van der Waals surface area (Å²) in [5.41, 5.74) is 0.782. The van der Waals surface area contributed by atoms with E-state index in [9.17, 15) is 8.42 Å². The number of halogens is 1. The molecule has 5 nitrogen and oxygen atoms in total. The Morgan fingerprint density at radius 3 is 2.61 bits per heavy atom. The molecule has 7 heteroatoms. The van der Waals surface area contributed by atoms with Gasteiger partial charge in [0.25, 0.3) is 5.88 Å². The molecular formula is C11H15ClN2O3S. The first-order chi connectivity index (χ1) is 8.50. The van der Waals surface area contributed by atoms with Gasteiger partial charge in [-0.1, -0.05) is 11.6 Å². The van der Waals surface area contributed by atoms with Crippen molar-refractivity contribution in [2.75, 3.05) is 18.6 Å². The number of sulfone groups is 1. The van der Waals surface area contributed by atoms with Crippen LogP contribution in [0, 0.1) is 5.92 Å². The zero-order valence-electron chi connectivity index (χ0n) is 10.1. The Labute approximate surface area is 111 Å². The molecule has 100 valence electrons. The summed E-state index contributed by atoms with van der Waals surface area (Å²) in [6.07, 6.45) is 2.09. The van der Waals surface area contributed by atoms with Gasteiger partial charge >= 0.3 is 0 Å². The fraction of sp³-hybridized carbons (Fsp3) is 0.636. The first-order valence-corrected chi connectivity index (χ1v) is 7.96. The van der Waals surface area contributed by atoms with Crippen molar-refractivity contribution in [2.45, 2.75) is 19.3 Å². The van der Waals surface area contributed by atoms with Gasteiger partial charge in [-0.25, -0.2) is 8.42 Å². The highest BCUT2D eigenvalue weighted by atomic mass is 35.5. The highest BCUT2D eigenvalue weighted by molar-refractivity contribution is 7.91. The number of hydrogen-bond donors (Lipinski definition) is 0. The van der Waals surface area contributed by atoms with E-state index in [2.05, 4.69) is 10.2 Å². The molecular weight excluding hydrogens is 276 g/mol. The zero-order valence-corrected chi connectivity index (χ0v) is 11.7. The monoisotopic (exact) mass is 290 g/mol. The summed E-state index contributed by atoms with van der Waals surface area (Å²) < 4.78 is 27.6. The van der Waals surface area contributed by atoms with Crippen molar-refractivity contribution in [3.05, 3.63) is 16.8 Å². The second kappa shape index (κ2) is 5.40. The maximum atomic E-state index is 11.3. The fourth-order valence-corrected chi connectivity index (χ4v) is 3.90. The summed E-state index contributed by atoms with van der Waals surface area (Å²) in [5.74, 6) is 1.20. The molecule has 1 aromatic heterocycles. The van der Waals surface area contributed by atoms with Crippen LogP contribution in [0.15, 0.2) is 6.07 Å². The number of aromatic nitrogens is 2. The molecule has 1 aromatic rings. The average Bonchev–Trinajstić information content (AvgIpc) is 2.32. The van der Waals surface area contributed by atoms with Gasteiger partial charge in [0.1, 0.15) is 14.9 Å². The molecule has 2 rings (SSSR count). The van der Waals surface area contributed by atoms with E-state index in [0.29, 0.717) is 36.1 Å². The summed E-state index contributed by atoms with van der Waals surface area (Å²) in [7, 11) is -1.32. The van der Waals surface area contributed by atoms with Crippen LogP contribution in [0.5, 0.6) is 5.88 Å². The van der Waals surface area contributed by atoms with Crippen molar-refractivity contribution >= 4 is 21.4 Å². The van der Waals surface area contributed by atoms with Crippen molar-refractivity contribution in [3.8, 4) is 5.88 Å². The highest BCUT2D eigenvalue weighted by Gasteiger charge is 2.24. The van der Waals surface area contributed by atoms with Crippen LogP contribution in [-0.4, -0.2) is 37.2 Å². The van der Waals surface area contributed by atoms with Crippen molar-refractivity contribution < 1.29 is 13.2 Å². The standard InChI is InChI=1S/C11H15ClN2O3S/c1-17-11-10(12)7-9(13-14-11)6-8-2-4-18(15,16)5-3-8/h7-8H,2-6H2,1H3. The van der Waals surface area contributed by atoms with E-state index >= 15 is 0 Å². The van der Waals surface area contributed by atoms with Crippen LogP contribution in [0.1, 0.15) is 18.5 Å². The van der Waals surface area contributed by atoms with E-state index < -0.39 is 9.84 Å². The lowest BCUT2D eigenvalue weighted by molar-refractivity contribution is 0.389. The molecule has 0 bridgehead atoms. The summed E-state index contributed by atoms with van der Waals surface area (Å²) in [6, 6.07) is 1.73. The van der Waals surface area contributed by atoms with Gasteiger partial charge < -0.3 is 4.74 Å². The van der Waals surface area contributed by atoms with E-state index in [4.69, 9.17) is 16.3 Å². The number of ether oxygens (including phenoxy) is 1. The first-order valence-electron chi connectivity index (χ1n) is 5.76. The average molecular weight is 291 g/mol. The third-order valence-electron chi connectivity index (χ3n) is 3.13. The van der Waals surface area contributed by atoms with Gasteiger partial charge in [0.15, 0.2) is 0 Å². The molecule has 0 N–H and O–H groups in total. The predicted molar refractivity (Wildman–Crippen MR) is 68.7 cm³/mol. The van der Waals surface area contributed by atoms with Gasteiger partial charge in [-0.15, -0.1) is 5.10 Å². The van der Waals surface area contributed by atoms with Gasteiger partial charge in [-0.3, -0.25) is 0 Å². The molecule has 0 saturated carbocycles. The molecule has 0 amide bonds. The molecule has 0 spiro atoms. The van der Waals surface area contributed by atoms with E-state index in [1.807, 2.05) is 0 Å². The van der Waals surface area contributed by atoms with E-state index in [0.717, 1.165) is 5.69 Å². The van der Waals surface area contributed by atoms with Gasteiger partial charge in [0, 0.05) is 0 Å². The lowest BCUT2D eigenvalue weighted by Crippen LogP contribution is -2.24. The number of methoxy groups -OCH3 is 1. The van der Waals surface area contributed by atoms with Crippen LogP contribution >= 0.6 is 11.6 Å². The van der Waals surface area contributed by atoms with Gasteiger partial charge in [0.2, 0.25) is 0 Å². The minimum Gasteiger partial charge on any atom is -0.479 e. The number of nitrogens with zero attached hydrogens (tertiary/aromatic N) is 2. The van der Waals surface area contributed by atoms with Crippen molar-refractivity contribution in [2.24, 2.45) is 5.92 Å². The lowest BCUT2D eigenvalue weighted by atomic mass is 9.97. The Bertz CT molecular complexity index is 519. The minimum absolute atomic E-state index is 0.273. The first kappa shape index (κ1) is 13.5. The molecule has 0 radical (unpaired) electrons. The molecule has 1 fully saturated rings. The smallest absolute Gasteiger partial charge is 0.252 e. The van der Waals surface area contributed by atoms with Gasteiger partial charge in [0.05, 0.1) is 24.3 Å². The molecule has 0 atom stereocenters. The summed E-state index contributed by atoms with van der Waals surface area (Å²) in [4.78, 5) is 0. The zero-order chi connectivity index (χ0) is 13.2. The summed E-state index contributed by atoms with van der Waals surface area (Å²) in [6.45, 7) is 0. The Balaban J connectivity index is 2.00. The van der Waals surface area contributed by atoms with Crippen molar-refractivity contribution in [3.63, 3.8) is 0 Å².